The van der Waals surface area contributed by atoms with Crippen molar-refractivity contribution in [3.8, 4) is 5.75 Å². The molecule has 0 radical (unpaired) electrons. The van der Waals surface area contributed by atoms with Gasteiger partial charge >= 0.3 is 0 Å². The van der Waals surface area contributed by atoms with Gasteiger partial charge in [-0.15, -0.1) is 0 Å². The van der Waals surface area contributed by atoms with Crippen LogP contribution in [0, 0.1) is 0 Å². The fourth-order valence-corrected chi connectivity index (χ4v) is 3.13. The quantitative estimate of drug-likeness (QED) is 0.806. The van der Waals surface area contributed by atoms with E-state index in [4.69, 9.17) is 16.3 Å². The summed E-state index contributed by atoms with van der Waals surface area (Å²) in [5.41, 5.74) is 1.78. The van der Waals surface area contributed by atoms with Crippen LogP contribution in [0.4, 0.5) is 5.69 Å². The van der Waals surface area contributed by atoms with Gasteiger partial charge in [0.2, 0.25) is 5.91 Å². The van der Waals surface area contributed by atoms with E-state index in [1.165, 1.54) is 12.0 Å². The first-order valence-corrected chi connectivity index (χ1v) is 8.44. The predicted molar refractivity (Wildman–Crippen MR) is 96.9 cm³/mol. The van der Waals surface area contributed by atoms with Crippen molar-refractivity contribution >= 4 is 29.1 Å². The van der Waals surface area contributed by atoms with Crippen LogP contribution in [0.15, 0.2) is 48.5 Å². The van der Waals surface area contributed by atoms with Crippen molar-refractivity contribution in [1.29, 1.82) is 0 Å². The highest BCUT2D eigenvalue weighted by Crippen LogP contribution is 2.28. The summed E-state index contributed by atoms with van der Waals surface area (Å²) in [6.07, 6.45) is 0.802. The Kier molecular flexibility index (Phi) is 5.24. The maximum atomic E-state index is 12.5. The van der Waals surface area contributed by atoms with E-state index in [2.05, 4.69) is 5.32 Å². The monoisotopic (exact) mass is 358 g/mol. The van der Waals surface area contributed by atoms with Gasteiger partial charge in [-0.1, -0.05) is 41.9 Å². The first-order valence-electron chi connectivity index (χ1n) is 8.06. The van der Waals surface area contributed by atoms with Gasteiger partial charge in [-0.05, 0) is 30.2 Å². The molecule has 1 atom stereocenters. The second-order valence-corrected chi connectivity index (χ2v) is 6.28. The summed E-state index contributed by atoms with van der Waals surface area (Å²) in [5, 5.41) is 3.54. The van der Waals surface area contributed by atoms with Gasteiger partial charge in [-0.3, -0.25) is 14.5 Å². The van der Waals surface area contributed by atoms with E-state index in [0.29, 0.717) is 29.4 Å². The third-order valence-electron chi connectivity index (χ3n) is 4.20. The summed E-state index contributed by atoms with van der Waals surface area (Å²) >= 11 is 6.10. The average molecular weight is 359 g/mol. The van der Waals surface area contributed by atoms with Gasteiger partial charge in [-0.2, -0.15) is 0 Å². The van der Waals surface area contributed by atoms with Crippen molar-refractivity contribution in [1.82, 2.24) is 4.90 Å². The largest absolute Gasteiger partial charge is 0.495 e. The minimum absolute atomic E-state index is 0.150. The van der Waals surface area contributed by atoms with E-state index in [-0.39, 0.29) is 18.2 Å². The zero-order valence-corrected chi connectivity index (χ0v) is 14.6. The van der Waals surface area contributed by atoms with Gasteiger partial charge in [0.05, 0.1) is 18.6 Å². The maximum Gasteiger partial charge on any atom is 0.252 e. The molecule has 130 valence electrons. The first kappa shape index (κ1) is 17.3. The number of carbonyl (C=O) groups is 2. The fourth-order valence-electron chi connectivity index (χ4n) is 2.87. The minimum Gasteiger partial charge on any atom is -0.495 e. The van der Waals surface area contributed by atoms with Crippen LogP contribution in [0.2, 0.25) is 5.02 Å². The molecule has 0 bridgehead atoms. The Bertz CT molecular complexity index is 779. The number of ether oxygens (including phenoxy) is 1. The standard InChI is InChI=1S/C19H19ClN2O3/c1-25-17-8-7-14(11-15(17)20)21-16-12-18(23)22(19(16)24)10-9-13-5-3-2-4-6-13/h2-8,11,16,21H,9-10,12H2,1H3/t16-/m1/s1. The molecular formula is C19H19ClN2O3. The summed E-state index contributed by atoms with van der Waals surface area (Å²) in [6.45, 7) is 0.392. The highest BCUT2D eigenvalue weighted by atomic mass is 35.5. The van der Waals surface area contributed by atoms with Crippen LogP contribution in [-0.4, -0.2) is 36.4 Å². The Balaban J connectivity index is 1.63. The number of methoxy groups -OCH3 is 1. The van der Waals surface area contributed by atoms with Gasteiger partial charge in [0.1, 0.15) is 11.8 Å². The average Bonchev–Trinajstić information content (AvgIpc) is 2.87. The molecule has 1 heterocycles. The molecule has 1 saturated heterocycles. The van der Waals surface area contributed by atoms with E-state index >= 15 is 0 Å². The van der Waals surface area contributed by atoms with Gasteiger partial charge in [0, 0.05) is 12.2 Å². The molecule has 2 aromatic carbocycles. The highest BCUT2D eigenvalue weighted by Gasteiger charge is 2.38. The van der Waals surface area contributed by atoms with E-state index in [1.807, 2.05) is 30.3 Å². The Hall–Kier alpha value is -2.53. The van der Waals surface area contributed by atoms with Crippen LogP contribution in [-0.2, 0) is 16.0 Å². The molecule has 1 fully saturated rings. The van der Waals surface area contributed by atoms with Crippen LogP contribution in [0.3, 0.4) is 0 Å². The molecule has 1 N–H and O–H groups in total. The number of amides is 2. The molecule has 2 aromatic rings. The number of hydrogen-bond acceptors (Lipinski definition) is 4. The number of imide groups is 1. The third-order valence-corrected chi connectivity index (χ3v) is 4.50. The smallest absolute Gasteiger partial charge is 0.252 e. The lowest BCUT2D eigenvalue weighted by atomic mass is 10.1. The van der Waals surface area contributed by atoms with Gasteiger partial charge in [-0.25, -0.2) is 0 Å². The Morgan fingerprint density at radius 3 is 2.64 bits per heavy atom. The van der Waals surface area contributed by atoms with Crippen LogP contribution >= 0.6 is 11.6 Å². The molecule has 3 rings (SSSR count). The van der Waals surface area contributed by atoms with Crippen molar-refractivity contribution in [2.45, 2.75) is 18.9 Å². The number of rotatable bonds is 6. The van der Waals surface area contributed by atoms with Crippen LogP contribution < -0.4 is 10.1 Å². The number of benzene rings is 2. The summed E-state index contributed by atoms with van der Waals surface area (Å²) in [7, 11) is 1.54. The van der Waals surface area contributed by atoms with Crippen molar-refractivity contribution in [3.05, 3.63) is 59.1 Å². The Morgan fingerprint density at radius 1 is 1.20 bits per heavy atom. The molecule has 1 aliphatic heterocycles. The number of anilines is 1. The molecule has 2 amide bonds. The lowest BCUT2D eigenvalue weighted by molar-refractivity contribution is -0.138. The van der Waals surface area contributed by atoms with Crippen molar-refractivity contribution < 1.29 is 14.3 Å². The van der Waals surface area contributed by atoms with Crippen LogP contribution in [0.5, 0.6) is 5.75 Å². The van der Waals surface area contributed by atoms with E-state index in [9.17, 15) is 9.59 Å². The normalized spacial score (nSPS) is 17.0. The number of halogens is 1. The SMILES string of the molecule is COc1ccc(N[C@@H]2CC(=O)N(CCc3ccccc3)C2=O)cc1Cl. The molecule has 5 nitrogen and oxygen atoms in total. The van der Waals surface area contributed by atoms with Gasteiger partial charge in [0.25, 0.3) is 5.91 Å². The molecule has 1 aliphatic rings. The van der Waals surface area contributed by atoms with Gasteiger partial charge in [0.15, 0.2) is 0 Å². The Morgan fingerprint density at radius 2 is 1.96 bits per heavy atom. The molecular weight excluding hydrogens is 340 g/mol. The maximum absolute atomic E-state index is 12.5. The van der Waals surface area contributed by atoms with E-state index < -0.39 is 6.04 Å². The number of nitrogens with zero attached hydrogens (tertiary/aromatic N) is 1. The lowest BCUT2D eigenvalue weighted by Crippen LogP contribution is -2.36. The second-order valence-electron chi connectivity index (χ2n) is 5.87. The molecule has 0 unspecified atom stereocenters. The molecule has 0 aliphatic carbocycles. The minimum atomic E-state index is -0.562. The molecule has 6 heteroatoms. The fraction of sp³-hybridized carbons (Fsp3) is 0.263. The van der Waals surface area contributed by atoms with Crippen molar-refractivity contribution in [2.24, 2.45) is 0 Å². The number of likely N-dealkylation sites (tertiary alicyclic amines) is 1. The lowest BCUT2D eigenvalue weighted by Gasteiger charge is -2.16. The zero-order chi connectivity index (χ0) is 17.8. The third kappa shape index (κ3) is 3.94. The summed E-state index contributed by atoms with van der Waals surface area (Å²) < 4.78 is 5.11. The molecule has 0 aromatic heterocycles. The Labute approximate surface area is 151 Å². The zero-order valence-electron chi connectivity index (χ0n) is 13.9. The predicted octanol–water partition coefficient (Wildman–Crippen LogP) is 3.13. The van der Waals surface area contributed by atoms with E-state index in [1.54, 1.807) is 18.2 Å². The number of hydrogen-bond donors (Lipinski definition) is 1. The van der Waals surface area contributed by atoms with Crippen molar-refractivity contribution in [2.75, 3.05) is 19.0 Å². The second kappa shape index (κ2) is 7.57. The van der Waals surface area contributed by atoms with Crippen LogP contribution in [0.1, 0.15) is 12.0 Å². The van der Waals surface area contributed by atoms with Gasteiger partial charge < -0.3 is 10.1 Å². The van der Waals surface area contributed by atoms with Crippen molar-refractivity contribution in [3.63, 3.8) is 0 Å². The van der Waals surface area contributed by atoms with Crippen LogP contribution in [0.25, 0.3) is 0 Å². The molecule has 25 heavy (non-hydrogen) atoms. The number of nitrogens with one attached hydrogen (secondary N) is 1. The number of carbonyl (C=O) groups excluding carboxylic acids is 2. The summed E-state index contributed by atoms with van der Waals surface area (Å²) in [4.78, 5) is 26.1. The summed E-state index contributed by atoms with van der Waals surface area (Å²) in [5.74, 6) is 0.205. The molecule has 0 saturated carbocycles. The highest BCUT2D eigenvalue weighted by molar-refractivity contribution is 6.32. The summed E-state index contributed by atoms with van der Waals surface area (Å²) in [6, 6.07) is 14.4. The topological polar surface area (TPSA) is 58.6 Å². The van der Waals surface area contributed by atoms with E-state index in [0.717, 1.165) is 5.56 Å². The first-order chi connectivity index (χ1) is 12.1. The molecule has 0 spiro atoms.